The number of carbonyl (C=O) groups excluding carboxylic acids is 1. The fourth-order valence-electron chi connectivity index (χ4n) is 1.36. The smallest absolute Gasteiger partial charge is 0.315 e. The summed E-state index contributed by atoms with van der Waals surface area (Å²) in [5.74, 6) is 2.36. The van der Waals surface area contributed by atoms with E-state index in [1.165, 1.54) is 25.7 Å². The van der Waals surface area contributed by atoms with Gasteiger partial charge < -0.3 is 10.6 Å². The van der Waals surface area contributed by atoms with Crippen LogP contribution in [0, 0.1) is 12.3 Å². The van der Waals surface area contributed by atoms with E-state index in [1.54, 1.807) is 0 Å². The van der Waals surface area contributed by atoms with Gasteiger partial charge in [-0.3, -0.25) is 0 Å². The fourth-order valence-corrected chi connectivity index (χ4v) is 1.36. The molecule has 0 saturated carbocycles. The van der Waals surface area contributed by atoms with E-state index in [-0.39, 0.29) is 18.6 Å². The van der Waals surface area contributed by atoms with Gasteiger partial charge in [0.25, 0.3) is 0 Å². The van der Waals surface area contributed by atoms with Gasteiger partial charge in [0.15, 0.2) is 0 Å². The minimum Gasteiger partial charge on any atom is -0.336 e. The molecule has 0 rings (SSSR count). The van der Waals surface area contributed by atoms with Gasteiger partial charge in [-0.1, -0.05) is 38.5 Å². The summed E-state index contributed by atoms with van der Waals surface area (Å²) in [6, 6.07) is 0.0515. The highest BCUT2D eigenvalue weighted by Crippen LogP contribution is 2.04. The van der Waals surface area contributed by atoms with Crippen LogP contribution in [-0.4, -0.2) is 18.6 Å². The minimum atomic E-state index is -0.170. The average Bonchev–Trinajstić information content (AvgIpc) is 2.21. The third kappa shape index (κ3) is 9.14. The number of hydrogen-bond donors (Lipinski definition) is 2. The zero-order valence-corrected chi connectivity index (χ0v) is 9.81. The van der Waals surface area contributed by atoms with Crippen molar-refractivity contribution < 1.29 is 4.79 Å². The number of carbonyl (C=O) groups is 1. The summed E-state index contributed by atoms with van der Waals surface area (Å²) >= 11 is 0. The Morgan fingerprint density at radius 2 is 2.13 bits per heavy atom. The molecule has 86 valence electrons. The van der Waals surface area contributed by atoms with E-state index in [9.17, 15) is 4.79 Å². The lowest BCUT2D eigenvalue weighted by Gasteiger charge is -2.13. The van der Waals surface area contributed by atoms with Gasteiger partial charge in [0, 0.05) is 6.04 Å². The van der Waals surface area contributed by atoms with Crippen LogP contribution in [0.3, 0.4) is 0 Å². The van der Waals surface area contributed by atoms with Crippen LogP contribution in [0.5, 0.6) is 0 Å². The predicted octanol–water partition coefficient (Wildman–Crippen LogP) is 2.28. The van der Waals surface area contributed by atoms with Crippen LogP contribution in [0.4, 0.5) is 4.79 Å². The first-order valence-corrected chi connectivity index (χ1v) is 5.68. The fraction of sp³-hybridized carbons (Fsp3) is 0.750. The molecule has 0 aliphatic carbocycles. The molecule has 3 nitrogen and oxygen atoms in total. The predicted molar refractivity (Wildman–Crippen MR) is 63.6 cm³/mol. The third-order valence-corrected chi connectivity index (χ3v) is 2.22. The molecule has 0 spiro atoms. The molecule has 2 N–H and O–H groups in total. The van der Waals surface area contributed by atoms with E-state index < -0.39 is 0 Å². The molecule has 2 amide bonds. The maximum Gasteiger partial charge on any atom is 0.315 e. The lowest BCUT2D eigenvalue weighted by atomic mass is 10.1. The average molecular weight is 210 g/mol. The van der Waals surface area contributed by atoms with E-state index in [0.29, 0.717) is 0 Å². The Bertz CT molecular complexity index is 208. The van der Waals surface area contributed by atoms with E-state index in [1.807, 2.05) is 6.92 Å². The summed E-state index contributed by atoms with van der Waals surface area (Å²) in [5.41, 5.74) is 0. The van der Waals surface area contributed by atoms with Gasteiger partial charge in [0.1, 0.15) is 0 Å². The second-order valence-corrected chi connectivity index (χ2v) is 3.78. The van der Waals surface area contributed by atoms with Crippen molar-refractivity contribution in [3.8, 4) is 12.3 Å². The molecular formula is C12H22N2O. The van der Waals surface area contributed by atoms with Crippen LogP contribution < -0.4 is 10.6 Å². The lowest BCUT2D eigenvalue weighted by Crippen LogP contribution is -2.40. The summed E-state index contributed by atoms with van der Waals surface area (Å²) in [6.45, 7) is 4.49. The molecule has 3 heteroatoms. The number of urea groups is 1. The zero-order valence-electron chi connectivity index (χ0n) is 9.81. The molecule has 0 fully saturated rings. The summed E-state index contributed by atoms with van der Waals surface area (Å²) in [6.07, 6.45) is 11.0. The number of nitrogens with one attached hydrogen (secondary N) is 2. The van der Waals surface area contributed by atoms with Gasteiger partial charge in [0.05, 0.1) is 6.54 Å². The van der Waals surface area contributed by atoms with Crippen molar-refractivity contribution in [3.63, 3.8) is 0 Å². The van der Waals surface area contributed by atoms with Gasteiger partial charge in [0.2, 0.25) is 0 Å². The number of rotatable bonds is 7. The van der Waals surface area contributed by atoms with E-state index in [4.69, 9.17) is 6.42 Å². The van der Waals surface area contributed by atoms with Gasteiger partial charge in [-0.05, 0) is 13.3 Å². The Kier molecular flexibility index (Phi) is 8.66. The third-order valence-electron chi connectivity index (χ3n) is 2.22. The first-order chi connectivity index (χ1) is 7.20. The molecular weight excluding hydrogens is 188 g/mol. The largest absolute Gasteiger partial charge is 0.336 e. The molecule has 1 atom stereocenters. The van der Waals surface area contributed by atoms with Crippen molar-refractivity contribution in [2.24, 2.45) is 0 Å². The monoisotopic (exact) mass is 210 g/mol. The van der Waals surface area contributed by atoms with Crippen LogP contribution in [0.2, 0.25) is 0 Å². The standard InChI is InChI=1S/C12H22N2O/c1-4-6-7-8-9-11(3)14-12(15)13-10-5-2/h2,11H,4,6-10H2,1,3H3,(H2,13,14,15). The lowest BCUT2D eigenvalue weighted by molar-refractivity contribution is 0.238. The van der Waals surface area contributed by atoms with Crippen molar-refractivity contribution in [1.29, 1.82) is 0 Å². The van der Waals surface area contributed by atoms with E-state index in [0.717, 1.165) is 6.42 Å². The number of hydrogen-bond acceptors (Lipinski definition) is 1. The van der Waals surface area contributed by atoms with Crippen molar-refractivity contribution in [3.05, 3.63) is 0 Å². The van der Waals surface area contributed by atoms with Crippen LogP contribution in [0.1, 0.15) is 46.0 Å². The van der Waals surface area contributed by atoms with Gasteiger partial charge in [-0.2, -0.15) is 0 Å². The Hall–Kier alpha value is -1.17. The quantitative estimate of drug-likeness (QED) is 0.491. The normalized spacial score (nSPS) is 11.5. The SMILES string of the molecule is C#CCNC(=O)NC(C)CCCCCC. The molecule has 15 heavy (non-hydrogen) atoms. The topological polar surface area (TPSA) is 41.1 Å². The van der Waals surface area contributed by atoms with Crippen molar-refractivity contribution in [2.45, 2.75) is 52.0 Å². The molecule has 0 aromatic heterocycles. The Labute approximate surface area is 93.0 Å². The Morgan fingerprint density at radius 1 is 1.40 bits per heavy atom. The van der Waals surface area contributed by atoms with Crippen LogP contribution >= 0.6 is 0 Å². The maximum atomic E-state index is 11.2. The number of terminal acetylenes is 1. The summed E-state index contributed by atoms with van der Waals surface area (Å²) in [7, 11) is 0. The number of unbranched alkanes of at least 4 members (excludes halogenated alkanes) is 3. The summed E-state index contributed by atoms with van der Waals surface area (Å²) in [5, 5.41) is 5.42. The highest BCUT2D eigenvalue weighted by atomic mass is 16.2. The molecule has 0 heterocycles. The van der Waals surface area contributed by atoms with Crippen molar-refractivity contribution in [1.82, 2.24) is 10.6 Å². The van der Waals surface area contributed by atoms with Crippen molar-refractivity contribution in [2.75, 3.05) is 6.54 Å². The van der Waals surface area contributed by atoms with Crippen LogP contribution in [-0.2, 0) is 0 Å². The Morgan fingerprint density at radius 3 is 2.73 bits per heavy atom. The van der Waals surface area contributed by atoms with Gasteiger partial charge in [-0.25, -0.2) is 4.79 Å². The molecule has 0 radical (unpaired) electrons. The molecule has 1 unspecified atom stereocenters. The maximum absolute atomic E-state index is 11.2. The zero-order chi connectivity index (χ0) is 11.5. The first kappa shape index (κ1) is 13.8. The molecule has 0 aromatic carbocycles. The van der Waals surface area contributed by atoms with Gasteiger partial charge in [-0.15, -0.1) is 6.42 Å². The highest BCUT2D eigenvalue weighted by molar-refractivity contribution is 5.74. The second kappa shape index (κ2) is 9.39. The molecule has 0 aliphatic heterocycles. The number of amides is 2. The summed E-state index contributed by atoms with van der Waals surface area (Å²) in [4.78, 5) is 11.2. The molecule has 0 saturated heterocycles. The van der Waals surface area contributed by atoms with Crippen LogP contribution in [0.15, 0.2) is 0 Å². The van der Waals surface area contributed by atoms with E-state index >= 15 is 0 Å². The van der Waals surface area contributed by atoms with Crippen LogP contribution in [0.25, 0.3) is 0 Å². The Balaban J connectivity index is 3.43. The molecule has 0 aliphatic rings. The van der Waals surface area contributed by atoms with Gasteiger partial charge >= 0.3 is 6.03 Å². The summed E-state index contributed by atoms with van der Waals surface area (Å²) < 4.78 is 0. The molecule has 0 aromatic rings. The molecule has 0 bridgehead atoms. The first-order valence-electron chi connectivity index (χ1n) is 5.68. The van der Waals surface area contributed by atoms with Crippen molar-refractivity contribution >= 4 is 6.03 Å². The second-order valence-electron chi connectivity index (χ2n) is 3.78. The minimum absolute atomic E-state index is 0.170. The van der Waals surface area contributed by atoms with E-state index in [2.05, 4.69) is 23.5 Å². The highest BCUT2D eigenvalue weighted by Gasteiger charge is 2.05.